The van der Waals surface area contributed by atoms with Crippen LogP contribution in [0.4, 0.5) is 8.78 Å². The Morgan fingerprint density at radius 1 is 0.941 bits per heavy atom. The Bertz CT molecular complexity index is 529. The third-order valence-corrected chi connectivity index (χ3v) is 2.48. The van der Waals surface area contributed by atoms with E-state index in [0.717, 1.165) is 0 Å². The van der Waals surface area contributed by atoms with E-state index in [1.54, 1.807) is 12.1 Å². The summed E-state index contributed by atoms with van der Waals surface area (Å²) in [6.07, 6.45) is 0. The molecule has 4 heteroatoms. The van der Waals surface area contributed by atoms with Crippen LogP contribution in [0.15, 0.2) is 42.5 Å². The molecule has 0 saturated heterocycles. The summed E-state index contributed by atoms with van der Waals surface area (Å²) < 4.78 is 27.2. The zero-order valence-electron chi connectivity index (χ0n) is 8.95. The van der Waals surface area contributed by atoms with Gasteiger partial charge >= 0.3 is 0 Å². The minimum atomic E-state index is -0.489. The van der Waals surface area contributed by atoms with Gasteiger partial charge in [-0.1, -0.05) is 24.3 Å². The molecule has 2 aromatic carbocycles. The molecule has 88 valence electrons. The van der Waals surface area contributed by atoms with E-state index in [9.17, 15) is 8.78 Å². The maximum atomic E-state index is 13.6. The summed E-state index contributed by atoms with van der Waals surface area (Å²) in [4.78, 5) is 0. The number of hydrogen-bond donors (Lipinski definition) is 2. The summed E-state index contributed by atoms with van der Waals surface area (Å²) in [6, 6.07) is 10.3. The Morgan fingerprint density at radius 3 is 2.35 bits per heavy atom. The van der Waals surface area contributed by atoms with Gasteiger partial charge < -0.3 is 5.21 Å². The van der Waals surface area contributed by atoms with Crippen molar-refractivity contribution < 1.29 is 14.0 Å². The van der Waals surface area contributed by atoms with Crippen LogP contribution in [-0.2, 0) is 6.54 Å². The lowest BCUT2D eigenvalue weighted by Crippen LogP contribution is -2.06. The van der Waals surface area contributed by atoms with Crippen LogP contribution in [0.2, 0.25) is 0 Å². The molecule has 2 aromatic rings. The van der Waals surface area contributed by atoms with Crippen molar-refractivity contribution in [2.75, 3.05) is 0 Å². The first-order chi connectivity index (χ1) is 8.22. The van der Waals surface area contributed by atoms with Gasteiger partial charge in [0.2, 0.25) is 0 Å². The second kappa shape index (κ2) is 5.03. The van der Waals surface area contributed by atoms with Gasteiger partial charge in [-0.15, -0.1) is 0 Å². The van der Waals surface area contributed by atoms with Gasteiger partial charge in [0, 0.05) is 17.7 Å². The molecule has 0 bridgehead atoms. The molecule has 0 aliphatic carbocycles. The smallest absolute Gasteiger partial charge is 0.131 e. The van der Waals surface area contributed by atoms with Crippen LogP contribution in [0, 0.1) is 11.6 Å². The number of nitrogens with one attached hydrogen (secondary N) is 1. The van der Waals surface area contributed by atoms with Crippen LogP contribution in [0.3, 0.4) is 0 Å². The highest BCUT2D eigenvalue weighted by atomic mass is 19.1. The largest absolute Gasteiger partial charge is 0.316 e. The van der Waals surface area contributed by atoms with Crippen molar-refractivity contribution in [2.45, 2.75) is 6.54 Å². The molecule has 0 spiro atoms. The van der Waals surface area contributed by atoms with E-state index in [1.165, 1.54) is 30.3 Å². The Balaban J connectivity index is 2.51. The average Bonchev–Trinajstić information content (AvgIpc) is 2.33. The standard InChI is InChI=1S/C13H11F2NO/c14-12-4-2-1-3-10(12)11-7-9(8-16-17)5-6-13(11)15/h1-7,16-17H,8H2. The fourth-order valence-electron chi connectivity index (χ4n) is 1.66. The first-order valence-corrected chi connectivity index (χ1v) is 5.12. The monoisotopic (exact) mass is 235 g/mol. The maximum Gasteiger partial charge on any atom is 0.131 e. The minimum absolute atomic E-state index is 0.182. The van der Waals surface area contributed by atoms with E-state index in [2.05, 4.69) is 0 Å². The molecule has 0 saturated carbocycles. The van der Waals surface area contributed by atoms with Crippen molar-refractivity contribution in [3.63, 3.8) is 0 Å². The van der Waals surface area contributed by atoms with Crippen LogP contribution in [-0.4, -0.2) is 5.21 Å². The number of rotatable bonds is 3. The first kappa shape index (κ1) is 11.7. The van der Waals surface area contributed by atoms with Crippen molar-refractivity contribution in [1.29, 1.82) is 0 Å². The van der Waals surface area contributed by atoms with Crippen molar-refractivity contribution in [3.8, 4) is 11.1 Å². The molecule has 0 atom stereocenters. The first-order valence-electron chi connectivity index (χ1n) is 5.12. The van der Waals surface area contributed by atoms with Crippen LogP contribution in [0.25, 0.3) is 11.1 Å². The average molecular weight is 235 g/mol. The fraction of sp³-hybridized carbons (Fsp3) is 0.0769. The number of halogens is 2. The summed E-state index contributed by atoms with van der Waals surface area (Å²) in [5.41, 5.74) is 3.06. The SMILES string of the molecule is ONCc1ccc(F)c(-c2ccccc2F)c1. The van der Waals surface area contributed by atoms with Gasteiger partial charge in [-0.2, -0.15) is 0 Å². The fourth-order valence-corrected chi connectivity index (χ4v) is 1.66. The summed E-state index contributed by atoms with van der Waals surface area (Å²) >= 11 is 0. The predicted molar refractivity (Wildman–Crippen MR) is 60.4 cm³/mol. The molecule has 0 aromatic heterocycles. The van der Waals surface area contributed by atoms with E-state index in [0.29, 0.717) is 5.56 Å². The molecule has 17 heavy (non-hydrogen) atoms. The topological polar surface area (TPSA) is 32.3 Å². The second-order valence-electron chi connectivity index (χ2n) is 3.63. The summed E-state index contributed by atoms with van der Waals surface area (Å²) in [5.74, 6) is -0.961. The number of hydrogen-bond acceptors (Lipinski definition) is 2. The Kier molecular flexibility index (Phi) is 3.46. The van der Waals surface area contributed by atoms with Gasteiger partial charge in [0.15, 0.2) is 0 Å². The van der Waals surface area contributed by atoms with Gasteiger partial charge in [0.25, 0.3) is 0 Å². The van der Waals surface area contributed by atoms with Gasteiger partial charge in [0.1, 0.15) is 11.6 Å². The third kappa shape index (κ3) is 2.49. The predicted octanol–water partition coefficient (Wildman–Crippen LogP) is 3.11. The molecule has 0 fully saturated rings. The van der Waals surface area contributed by atoms with Gasteiger partial charge in [-0.3, -0.25) is 0 Å². The summed E-state index contributed by atoms with van der Waals surface area (Å²) in [5, 5.41) is 8.59. The molecular weight excluding hydrogens is 224 g/mol. The van der Waals surface area contributed by atoms with Gasteiger partial charge in [-0.25, -0.2) is 14.3 Å². The van der Waals surface area contributed by atoms with Crippen LogP contribution < -0.4 is 5.48 Å². The molecule has 2 rings (SSSR count). The quantitative estimate of drug-likeness (QED) is 0.801. The van der Waals surface area contributed by atoms with Crippen molar-refractivity contribution in [3.05, 3.63) is 59.7 Å². The number of hydroxylamine groups is 1. The van der Waals surface area contributed by atoms with E-state index < -0.39 is 11.6 Å². The second-order valence-corrected chi connectivity index (χ2v) is 3.63. The lowest BCUT2D eigenvalue weighted by molar-refractivity contribution is 0.161. The molecular formula is C13H11F2NO. The maximum absolute atomic E-state index is 13.6. The Labute approximate surface area is 97.5 Å². The van der Waals surface area contributed by atoms with Gasteiger partial charge in [-0.05, 0) is 23.8 Å². The van der Waals surface area contributed by atoms with E-state index in [4.69, 9.17) is 5.21 Å². The third-order valence-electron chi connectivity index (χ3n) is 2.48. The Morgan fingerprint density at radius 2 is 1.65 bits per heavy atom. The molecule has 0 aliphatic rings. The van der Waals surface area contributed by atoms with Crippen molar-refractivity contribution >= 4 is 0 Å². The minimum Gasteiger partial charge on any atom is -0.316 e. The number of benzene rings is 2. The van der Waals surface area contributed by atoms with Crippen molar-refractivity contribution in [2.24, 2.45) is 0 Å². The molecule has 0 heterocycles. The molecule has 0 aliphatic heterocycles. The molecule has 0 radical (unpaired) electrons. The normalized spacial score (nSPS) is 10.5. The highest BCUT2D eigenvalue weighted by Gasteiger charge is 2.10. The lowest BCUT2D eigenvalue weighted by atomic mass is 10.0. The zero-order valence-corrected chi connectivity index (χ0v) is 8.95. The van der Waals surface area contributed by atoms with E-state index in [1.807, 2.05) is 5.48 Å². The molecule has 2 N–H and O–H groups in total. The zero-order chi connectivity index (χ0) is 12.3. The summed E-state index contributed by atoms with van der Waals surface area (Å²) in [6.45, 7) is 0.182. The highest BCUT2D eigenvalue weighted by molar-refractivity contribution is 5.65. The van der Waals surface area contributed by atoms with Crippen LogP contribution in [0.1, 0.15) is 5.56 Å². The lowest BCUT2D eigenvalue weighted by Gasteiger charge is -2.07. The van der Waals surface area contributed by atoms with Crippen LogP contribution >= 0.6 is 0 Å². The Hall–Kier alpha value is -1.78. The van der Waals surface area contributed by atoms with E-state index in [-0.39, 0.29) is 17.7 Å². The molecule has 0 unspecified atom stereocenters. The highest BCUT2D eigenvalue weighted by Crippen LogP contribution is 2.26. The summed E-state index contributed by atoms with van der Waals surface area (Å²) in [7, 11) is 0. The van der Waals surface area contributed by atoms with Crippen LogP contribution in [0.5, 0.6) is 0 Å². The molecule has 0 amide bonds. The molecule has 2 nitrogen and oxygen atoms in total. The van der Waals surface area contributed by atoms with Gasteiger partial charge in [0.05, 0.1) is 0 Å². The van der Waals surface area contributed by atoms with Crippen molar-refractivity contribution in [1.82, 2.24) is 5.48 Å². The van der Waals surface area contributed by atoms with E-state index >= 15 is 0 Å².